The summed E-state index contributed by atoms with van der Waals surface area (Å²) in [6.45, 7) is 5.14. The molecule has 30 heavy (non-hydrogen) atoms. The summed E-state index contributed by atoms with van der Waals surface area (Å²) in [5, 5.41) is 7.10. The molecule has 3 atom stereocenters. The maximum absolute atomic E-state index is 14.9. The normalized spacial score (nSPS) is 31.9. The minimum Gasteiger partial charge on any atom is -0.288 e. The number of allylic oxidation sites excluding steroid dienone is 3. The Kier molecular flexibility index (Phi) is 6.70. The summed E-state index contributed by atoms with van der Waals surface area (Å²) in [7, 11) is 0. The summed E-state index contributed by atoms with van der Waals surface area (Å²) in [6, 6.07) is 10.2. The van der Waals surface area contributed by atoms with Crippen LogP contribution < -0.4 is 0 Å². The van der Waals surface area contributed by atoms with Crippen molar-refractivity contribution in [2.75, 3.05) is 6.54 Å². The zero-order valence-electron chi connectivity index (χ0n) is 18.2. The minimum absolute atomic E-state index is 0.0602. The van der Waals surface area contributed by atoms with E-state index in [-0.39, 0.29) is 24.2 Å². The first-order valence-electron chi connectivity index (χ1n) is 11.6. The molecule has 0 radical (unpaired) electrons. The Morgan fingerprint density at radius 2 is 1.77 bits per heavy atom. The van der Waals surface area contributed by atoms with Crippen LogP contribution in [0.2, 0.25) is 0 Å². The fourth-order valence-corrected chi connectivity index (χ4v) is 5.64. The molecule has 2 aliphatic carbocycles. The number of halogens is 2. The lowest BCUT2D eigenvalue weighted by molar-refractivity contribution is 0.141. The molecule has 2 nitrogen and oxygen atoms in total. The van der Waals surface area contributed by atoms with E-state index in [1.54, 1.807) is 0 Å². The van der Waals surface area contributed by atoms with Crippen LogP contribution in [0.25, 0.3) is 0 Å². The summed E-state index contributed by atoms with van der Waals surface area (Å²) in [5.41, 5.74) is 2.57. The van der Waals surface area contributed by atoms with Crippen LogP contribution in [0.1, 0.15) is 70.4 Å². The van der Waals surface area contributed by atoms with Crippen LogP contribution in [-0.4, -0.2) is 23.4 Å². The molecule has 0 amide bonds. The van der Waals surface area contributed by atoms with Crippen molar-refractivity contribution in [2.45, 2.75) is 71.0 Å². The topological polar surface area (TPSA) is 15.6 Å². The second-order valence-electron chi connectivity index (χ2n) is 9.31. The van der Waals surface area contributed by atoms with E-state index in [2.05, 4.69) is 24.1 Å². The minimum atomic E-state index is -1.14. The van der Waals surface area contributed by atoms with E-state index < -0.39 is 6.17 Å². The quantitative estimate of drug-likeness (QED) is 0.484. The third-order valence-electron chi connectivity index (χ3n) is 7.17. The van der Waals surface area contributed by atoms with E-state index in [4.69, 9.17) is 5.10 Å². The number of hydrazone groups is 1. The predicted octanol–water partition coefficient (Wildman–Crippen LogP) is 7.16. The van der Waals surface area contributed by atoms with E-state index in [9.17, 15) is 8.78 Å². The third-order valence-corrected chi connectivity index (χ3v) is 7.17. The summed E-state index contributed by atoms with van der Waals surface area (Å²) >= 11 is 0. The molecule has 0 spiro atoms. The largest absolute Gasteiger partial charge is 0.288 e. The van der Waals surface area contributed by atoms with Gasteiger partial charge in [-0.05, 0) is 54.9 Å². The van der Waals surface area contributed by atoms with Crippen LogP contribution in [0.4, 0.5) is 8.78 Å². The van der Waals surface area contributed by atoms with Crippen LogP contribution in [0.3, 0.4) is 0 Å². The Bertz CT molecular complexity index is 806. The van der Waals surface area contributed by atoms with Crippen molar-refractivity contribution >= 4 is 5.71 Å². The Hall–Kier alpha value is -1.97. The van der Waals surface area contributed by atoms with E-state index in [1.807, 2.05) is 25.1 Å². The van der Waals surface area contributed by atoms with Crippen molar-refractivity contribution in [1.82, 2.24) is 5.01 Å². The van der Waals surface area contributed by atoms with Crippen LogP contribution >= 0.6 is 0 Å². The molecule has 1 aliphatic heterocycles. The monoisotopic (exact) mass is 412 g/mol. The number of alkyl halides is 1. The summed E-state index contributed by atoms with van der Waals surface area (Å²) in [6.07, 6.45) is 9.44. The summed E-state index contributed by atoms with van der Waals surface area (Å²) < 4.78 is 28.9. The lowest BCUT2D eigenvalue weighted by Crippen LogP contribution is -2.33. The van der Waals surface area contributed by atoms with Crippen LogP contribution in [0.15, 0.2) is 59.0 Å². The van der Waals surface area contributed by atoms with E-state index in [1.165, 1.54) is 50.7 Å². The van der Waals surface area contributed by atoms with E-state index in [0.29, 0.717) is 11.5 Å². The lowest BCUT2D eigenvalue weighted by atomic mass is 9.78. The molecule has 3 unspecified atom stereocenters. The maximum atomic E-state index is 14.9. The van der Waals surface area contributed by atoms with Crippen molar-refractivity contribution < 1.29 is 8.78 Å². The smallest absolute Gasteiger partial charge is 0.126 e. The van der Waals surface area contributed by atoms with Gasteiger partial charge in [-0.15, -0.1) is 0 Å². The van der Waals surface area contributed by atoms with Gasteiger partial charge in [-0.25, -0.2) is 8.78 Å². The van der Waals surface area contributed by atoms with Crippen LogP contribution in [-0.2, 0) is 0 Å². The van der Waals surface area contributed by atoms with Gasteiger partial charge in [0.05, 0.1) is 6.04 Å². The first-order valence-corrected chi connectivity index (χ1v) is 11.6. The molecule has 4 rings (SSSR count). The Morgan fingerprint density at radius 3 is 2.47 bits per heavy atom. The van der Waals surface area contributed by atoms with Crippen molar-refractivity contribution in [1.29, 1.82) is 0 Å². The van der Waals surface area contributed by atoms with Crippen LogP contribution in [0, 0.1) is 17.8 Å². The Labute approximate surface area is 179 Å². The second-order valence-corrected chi connectivity index (χ2v) is 9.31. The molecular formula is C26H34F2N2. The average Bonchev–Trinajstić information content (AvgIpc) is 3.07. The van der Waals surface area contributed by atoms with Gasteiger partial charge in [0.15, 0.2) is 0 Å². The molecule has 0 bridgehead atoms. The van der Waals surface area contributed by atoms with Gasteiger partial charge in [-0.2, -0.15) is 5.10 Å². The molecule has 1 fully saturated rings. The highest BCUT2D eigenvalue weighted by molar-refractivity contribution is 5.89. The molecule has 162 valence electrons. The van der Waals surface area contributed by atoms with Crippen molar-refractivity contribution in [2.24, 2.45) is 22.9 Å². The van der Waals surface area contributed by atoms with Gasteiger partial charge in [0.2, 0.25) is 0 Å². The fraction of sp³-hybridized carbons (Fsp3) is 0.577. The number of hydrogen-bond donors (Lipinski definition) is 0. The average molecular weight is 413 g/mol. The number of hydrogen-bond acceptors (Lipinski definition) is 2. The lowest BCUT2D eigenvalue weighted by Gasteiger charge is -2.35. The first kappa shape index (κ1) is 21.3. The standard InChI is InChI=1S/C26H34F2N2/c1-3-7-19-10-12-20(13-11-19)17-30-26(21-8-5-4-6-9-21)25(18(2)29-30)23-16-22(27)14-15-24(23)28/h4-6,8-9,14,16,19-20,24-26H,3,7,10-13,15,17H2,1-2H3. The molecule has 1 saturated carbocycles. The highest BCUT2D eigenvalue weighted by Gasteiger charge is 2.42. The summed E-state index contributed by atoms with van der Waals surface area (Å²) in [5.74, 6) is 0.962. The molecule has 0 saturated heterocycles. The van der Waals surface area contributed by atoms with Gasteiger partial charge >= 0.3 is 0 Å². The number of benzene rings is 1. The molecule has 3 aliphatic rings. The van der Waals surface area contributed by atoms with Gasteiger partial charge in [0, 0.05) is 24.6 Å². The number of nitrogens with zero attached hydrogens (tertiary/aromatic N) is 2. The highest BCUT2D eigenvalue weighted by atomic mass is 19.1. The van der Waals surface area contributed by atoms with Gasteiger partial charge in [-0.1, -0.05) is 62.9 Å². The molecule has 1 heterocycles. The first-order chi connectivity index (χ1) is 14.6. The second kappa shape index (κ2) is 9.45. The van der Waals surface area contributed by atoms with Crippen molar-refractivity contribution in [3.8, 4) is 0 Å². The molecular weight excluding hydrogens is 378 g/mol. The van der Waals surface area contributed by atoms with Gasteiger partial charge < -0.3 is 0 Å². The molecule has 1 aromatic rings. The Balaban J connectivity index is 1.57. The zero-order chi connectivity index (χ0) is 21.1. The molecule has 0 aromatic heterocycles. The van der Waals surface area contributed by atoms with Gasteiger partial charge in [0.1, 0.15) is 12.0 Å². The SMILES string of the molecule is CCCC1CCC(CN2N=C(C)C(C3=CC(F)=CCC3F)C2c2ccccc2)CC1. The predicted molar refractivity (Wildman–Crippen MR) is 120 cm³/mol. The molecule has 1 aromatic carbocycles. The number of rotatable bonds is 6. The van der Waals surface area contributed by atoms with Crippen molar-refractivity contribution in [3.05, 3.63) is 59.4 Å². The Morgan fingerprint density at radius 1 is 1.07 bits per heavy atom. The van der Waals surface area contributed by atoms with Crippen molar-refractivity contribution in [3.63, 3.8) is 0 Å². The van der Waals surface area contributed by atoms with E-state index >= 15 is 0 Å². The zero-order valence-corrected chi connectivity index (χ0v) is 18.2. The molecule has 0 N–H and O–H groups in total. The third kappa shape index (κ3) is 4.53. The summed E-state index contributed by atoms with van der Waals surface area (Å²) in [4.78, 5) is 0. The van der Waals surface area contributed by atoms with Gasteiger partial charge in [0.25, 0.3) is 0 Å². The highest BCUT2D eigenvalue weighted by Crippen LogP contribution is 2.44. The van der Waals surface area contributed by atoms with Gasteiger partial charge in [-0.3, -0.25) is 5.01 Å². The fourth-order valence-electron chi connectivity index (χ4n) is 5.64. The van der Waals surface area contributed by atoms with E-state index in [0.717, 1.165) is 23.7 Å². The molecule has 4 heteroatoms. The maximum Gasteiger partial charge on any atom is 0.126 e. The van der Waals surface area contributed by atoms with Crippen LogP contribution in [0.5, 0.6) is 0 Å².